The van der Waals surface area contributed by atoms with Crippen LogP contribution in [0.15, 0.2) is 0 Å². The molecule has 0 unspecified atom stereocenters. The van der Waals surface area contributed by atoms with Crippen LogP contribution in [0, 0.1) is 0 Å². The minimum Gasteiger partial charge on any atom is -0.394 e. The van der Waals surface area contributed by atoms with Crippen molar-refractivity contribution in [2.75, 3.05) is 39.6 Å². The molecule has 0 aromatic rings. The van der Waals surface area contributed by atoms with Gasteiger partial charge < -0.3 is 24.8 Å². The van der Waals surface area contributed by atoms with Crippen molar-refractivity contribution < 1.29 is 24.8 Å². The summed E-state index contributed by atoms with van der Waals surface area (Å²) in [7, 11) is 0. The van der Waals surface area contributed by atoms with Gasteiger partial charge in [-0.15, -0.1) is 0 Å². The molecule has 74 valence electrons. The molecule has 1 aliphatic rings. The molecule has 0 aromatic carbocycles. The van der Waals surface area contributed by atoms with E-state index < -0.39 is 6.10 Å². The highest BCUT2D eigenvalue weighted by molar-refractivity contribution is 4.44. The third kappa shape index (κ3) is 7.90. The van der Waals surface area contributed by atoms with Crippen molar-refractivity contribution in [2.24, 2.45) is 0 Å². The zero-order valence-corrected chi connectivity index (χ0v) is 6.98. The van der Waals surface area contributed by atoms with E-state index in [9.17, 15) is 0 Å². The summed E-state index contributed by atoms with van der Waals surface area (Å²) in [5.74, 6) is 0. The van der Waals surface area contributed by atoms with Crippen molar-refractivity contribution in [1.29, 1.82) is 0 Å². The number of aliphatic hydroxyl groups excluding tert-OH is 3. The van der Waals surface area contributed by atoms with E-state index in [-0.39, 0.29) is 13.2 Å². The van der Waals surface area contributed by atoms with Crippen molar-refractivity contribution in [1.82, 2.24) is 0 Å². The second-order valence-electron chi connectivity index (χ2n) is 2.24. The van der Waals surface area contributed by atoms with Crippen molar-refractivity contribution in [3.8, 4) is 0 Å². The number of ether oxygens (including phenoxy) is 2. The zero-order chi connectivity index (χ0) is 9.23. The molecule has 1 saturated heterocycles. The van der Waals surface area contributed by atoms with Crippen LogP contribution >= 0.6 is 0 Å². The summed E-state index contributed by atoms with van der Waals surface area (Å²) >= 11 is 0. The highest BCUT2D eigenvalue weighted by atomic mass is 16.6. The molecule has 0 radical (unpaired) electrons. The summed E-state index contributed by atoms with van der Waals surface area (Å²) in [5, 5.41) is 24.0. The van der Waals surface area contributed by atoms with Crippen LogP contribution in [-0.4, -0.2) is 61.1 Å². The smallest absolute Gasteiger partial charge is 0.100 e. The first-order valence-corrected chi connectivity index (χ1v) is 3.86. The Morgan fingerprint density at radius 2 is 1.25 bits per heavy atom. The fourth-order valence-electron chi connectivity index (χ4n) is 0.498. The lowest BCUT2D eigenvalue weighted by molar-refractivity contribution is -0.0334. The molecule has 1 aliphatic heterocycles. The number of rotatable bonds is 2. The Kier molecular flexibility index (Phi) is 8.74. The molecular weight excluding hydrogens is 164 g/mol. The Hall–Kier alpha value is -0.200. The molecule has 5 heteroatoms. The molecule has 0 saturated carbocycles. The van der Waals surface area contributed by atoms with Crippen LogP contribution in [0.5, 0.6) is 0 Å². The van der Waals surface area contributed by atoms with E-state index in [1.807, 2.05) is 0 Å². The van der Waals surface area contributed by atoms with Crippen molar-refractivity contribution in [3.05, 3.63) is 0 Å². The Morgan fingerprint density at radius 3 is 1.33 bits per heavy atom. The van der Waals surface area contributed by atoms with E-state index in [1.54, 1.807) is 0 Å². The molecule has 1 fully saturated rings. The van der Waals surface area contributed by atoms with E-state index in [1.165, 1.54) is 0 Å². The maximum atomic E-state index is 8.17. The second kappa shape index (κ2) is 8.89. The average molecular weight is 180 g/mol. The average Bonchev–Trinajstić information content (AvgIpc) is 2.20. The zero-order valence-electron chi connectivity index (χ0n) is 6.98. The van der Waals surface area contributed by atoms with Crippen LogP contribution in [0.3, 0.4) is 0 Å². The number of hydrogen-bond acceptors (Lipinski definition) is 5. The Balaban J connectivity index is 0.000000202. The molecule has 12 heavy (non-hydrogen) atoms. The van der Waals surface area contributed by atoms with Crippen LogP contribution < -0.4 is 0 Å². The van der Waals surface area contributed by atoms with Gasteiger partial charge in [0.15, 0.2) is 0 Å². The third-order valence-corrected chi connectivity index (χ3v) is 1.17. The van der Waals surface area contributed by atoms with Gasteiger partial charge in [-0.05, 0) is 0 Å². The summed E-state index contributed by atoms with van der Waals surface area (Å²) in [5.41, 5.74) is 0. The maximum absolute atomic E-state index is 8.17. The summed E-state index contributed by atoms with van der Waals surface area (Å²) in [4.78, 5) is 0. The molecular formula is C7H16O5. The molecule has 0 aromatic heterocycles. The molecule has 0 aliphatic carbocycles. The quantitative estimate of drug-likeness (QED) is 0.475. The Bertz CT molecular complexity index is 68.4. The lowest BCUT2D eigenvalue weighted by Crippen LogP contribution is -2.16. The van der Waals surface area contributed by atoms with Crippen molar-refractivity contribution >= 4 is 0 Å². The van der Waals surface area contributed by atoms with E-state index in [0.29, 0.717) is 0 Å². The lowest BCUT2D eigenvalue weighted by Gasteiger charge is -2.09. The van der Waals surface area contributed by atoms with Crippen LogP contribution in [0.1, 0.15) is 0 Å². The first-order valence-electron chi connectivity index (χ1n) is 3.86. The predicted octanol–water partition coefficient (Wildman–Crippen LogP) is -1.63. The standard InChI is InChI=1S/C4H8O2.C3H8O3/c1-2-6-4-3-5-1;4-1-3(6)2-5/h1-4H2;3-6H,1-2H2. The fourth-order valence-corrected chi connectivity index (χ4v) is 0.498. The SMILES string of the molecule is C1COCCO1.OCC(O)CO. The van der Waals surface area contributed by atoms with Gasteiger partial charge in [0.25, 0.3) is 0 Å². The van der Waals surface area contributed by atoms with Crippen molar-refractivity contribution in [3.63, 3.8) is 0 Å². The molecule has 3 N–H and O–H groups in total. The highest BCUT2D eigenvalue weighted by Crippen LogP contribution is 1.85. The molecule has 0 atom stereocenters. The molecule has 1 rings (SSSR count). The first kappa shape index (κ1) is 11.8. The summed E-state index contributed by atoms with van der Waals surface area (Å²) in [6.45, 7) is 2.38. The van der Waals surface area contributed by atoms with Gasteiger partial charge in [0, 0.05) is 0 Å². The van der Waals surface area contributed by atoms with Gasteiger partial charge in [-0.25, -0.2) is 0 Å². The molecule has 1 heterocycles. The fraction of sp³-hybridized carbons (Fsp3) is 1.00. The summed E-state index contributed by atoms with van der Waals surface area (Å²) in [6.07, 6.45) is -0.954. The van der Waals surface area contributed by atoms with E-state index in [2.05, 4.69) is 0 Å². The maximum Gasteiger partial charge on any atom is 0.100 e. The molecule has 0 amide bonds. The van der Waals surface area contributed by atoms with Crippen molar-refractivity contribution in [2.45, 2.75) is 6.10 Å². The van der Waals surface area contributed by atoms with Gasteiger partial charge in [0.1, 0.15) is 6.10 Å². The summed E-state index contributed by atoms with van der Waals surface area (Å²) < 4.78 is 9.89. The Morgan fingerprint density at radius 1 is 0.917 bits per heavy atom. The van der Waals surface area contributed by atoms with E-state index >= 15 is 0 Å². The van der Waals surface area contributed by atoms with Gasteiger partial charge >= 0.3 is 0 Å². The van der Waals surface area contributed by atoms with Crippen LogP contribution in [0.2, 0.25) is 0 Å². The first-order chi connectivity index (χ1) is 5.81. The summed E-state index contributed by atoms with van der Waals surface area (Å²) in [6, 6.07) is 0. The minimum absolute atomic E-state index is 0.365. The monoisotopic (exact) mass is 180 g/mol. The normalized spacial score (nSPS) is 17.0. The lowest BCUT2D eigenvalue weighted by atomic mass is 10.4. The minimum atomic E-state index is -0.954. The topological polar surface area (TPSA) is 79.2 Å². The van der Waals surface area contributed by atoms with Gasteiger partial charge in [0.2, 0.25) is 0 Å². The third-order valence-electron chi connectivity index (χ3n) is 1.17. The van der Waals surface area contributed by atoms with Gasteiger partial charge in [-0.2, -0.15) is 0 Å². The van der Waals surface area contributed by atoms with Crippen LogP contribution in [0.25, 0.3) is 0 Å². The van der Waals surface area contributed by atoms with Crippen LogP contribution in [-0.2, 0) is 9.47 Å². The molecule has 5 nitrogen and oxygen atoms in total. The second-order valence-corrected chi connectivity index (χ2v) is 2.24. The van der Waals surface area contributed by atoms with E-state index in [4.69, 9.17) is 24.8 Å². The van der Waals surface area contributed by atoms with Gasteiger partial charge in [-0.1, -0.05) is 0 Å². The van der Waals surface area contributed by atoms with E-state index in [0.717, 1.165) is 26.4 Å². The largest absolute Gasteiger partial charge is 0.394 e. The number of aliphatic hydroxyl groups is 3. The number of hydrogen-bond donors (Lipinski definition) is 3. The van der Waals surface area contributed by atoms with Gasteiger partial charge in [-0.3, -0.25) is 0 Å². The van der Waals surface area contributed by atoms with Gasteiger partial charge in [0.05, 0.1) is 39.6 Å². The predicted molar refractivity (Wildman–Crippen MR) is 41.8 cm³/mol. The molecule has 0 bridgehead atoms. The Labute approximate surface area is 71.5 Å². The molecule has 0 spiro atoms. The van der Waals surface area contributed by atoms with Crippen LogP contribution in [0.4, 0.5) is 0 Å². The highest BCUT2D eigenvalue weighted by Gasteiger charge is 1.94.